The summed E-state index contributed by atoms with van der Waals surface area (Å²) in [5.41, 5.74) is -1.04. The number of carboxylic acids is 1. The van der Waals surface area contributed by atoms with Crippen LogP contribution < -0.4 is 10.6 Å². The molecule has 0 aromatic rings. The number of rotatable bonds is 7. The zero-order valence-electron chi connectivity index (χ0n) is 12.0. The molecule has 2 amide bonds. The molecule has 1 fully saturated rings. The van der Waals surface area contributed by atoms with Crippen molar-refractivity contribution in [1.82, 2.24) is 10.6 Å². The van der Waals surface area contributed by atoms with Gasteiger partial charge in [0.2, 0.25) is 0 Å². The Morgan fingerprint density at radius 2 is 1.84 bits per heavy atom. The van der Waals surface area contributed by atoms with Crippen LogP contribution in [-0.4, -0.2) is 29.2 Å². The summed E-state index contributed by atoms with van der Waals surface area (Å²) >= 11 is 0. The molecule has 1 aliphatic rings. The van der Waals surface area contributed by atoms with E-state index in [0.29, 0.717) is 25.3 Å². The van der Waals surface area contributed by atoms with Crippen molar-refractivity contribution in [2.45, 2.75) is 64.3 Å². The first kappa shape index (κ1) is 15.8. The topological polar surface area (TPSA) is 78.4 Å². The molecule has 0 aromatic carbocycles. The minimum atomic E-state index is -1.04. The highest BCUT2D eigenvalue weighted by atomic mass is 16.4. The van der Waals surface area contributed by atoms with Gasteiger partial charge >= 0.3 is 12.0 Å². The van der Waals surface area contributed by atoms with Gasteiger partial charge in [-0.25, -0.2) is 9.59 Å². The molecular formula is C14H26N2O3. The highest BCUT2D eigenvalue weighted by Gasteiger charge is 2.42. The maximum atomic E-state index is 11.7. The van der Waals surface area contributed by atoms with Crippen LogP contribution in [0.5, 0.6) is 0 Å². The molecule has 19 heavy (non-hydrogen) atoms. The summed E-state index contributed by atoms with van der Waals surface area (Å²) in [7, 11) is 0. The molecule has 1 saturated carbocycles. The van der Waals surface area contributed by atoms with Gasteiger partial charge in [0.25, 0.3) is 0 Å². The van der Waals surface area contributed by atoms with Gasteiger partial charge in [0.15, 0.2) is 0 Å². The van der Waals surface area contributed by atoms with Gasteiger partial charge in [-0.2, -0.15) is 0 Å². The number of hydrogen-bond donors (Lipinski definition) is 3. The van der Waals surface area contributed by atoms with Crippen LogP contribution in [0.4, 0.5) is 4.79 Å². The monoisotopic (exact) mass is 270 g/mol. The second kappa shape index (κ2) is 7.36. The Hall–Kier alpha value is -1.26. The number of carbonyl (C=O) groups is 2. The summed E-state index contributed by atoms with van der Waals surface area (Å²) < 4.78 is 0. The lowest BCUT2D eigenvalue weighted by Crippen LogP contribution is -2.55. The van der Waals surface area contributed by atoms with Crippen molar-refractivity contribution in [3.05, 3.63) is 0 Å². The summed E-state index contributed by atoms with van der Waals surface area (Å²) in [6.07, 6.45) is 5.96. The van der Waals surface area contributed by atoms with Crippen molar-refractivity contribution in [3.63, 3.8) is 0 Å². The Kier molecular flexibility index (Phi) is 6.12. The minimum absolute atomic E-state index is 0.353. The van der Waals surface area contributed by atoms with Gasteiger partial charge in [-0.1, -0.05) is 39.5 Å². The maximum Gasteiger partial charge on any atom is 0.329 e. The van der Waals surface area contributed by atoms with Crippen molar-refractivity contribution in [1.29, 1.82) is 0 Å². The van der Waals surface area contributed by atoms with Crippen LogP contribution in [0.3, 0.4) is 0 Å². The maximum absolute atomic E-state index is 11.7. The molecule has 0 saturated heterocycles. The molecule has 5 nitrogen and oxygen atoms in total. The van der Waals surface area contributed by atoms with E-state index in [1.165, 1.54) is 0 Å². The molecule has 0 spiro atoms. The van der Waals surface area contributed by atoms with Crippen LogP contribution >= 0.6 is 0 Å². The molecule has 3 N–H and O–H groups in total. The molecular weight excluding hydrogens is 244 g/mol. The van der Waals surface area contributed by atoms with Gasteiger partial charge in [0.05, 0.1) is 0 Å². The molecule has 0 unspecified atom stereocenters. The lowest BCUT2D eigenvalue weighted by atomic mass is 9.98. The van der Waals surface area contributed by atoms with E-state index in [2.05, 4.69) is 24.5 Å². The van der Waals surface area contributed by atoms with E-state index in [4.69, 9.17) is 0 Å². The van der Waals surface area contributed by atoms with Crippen molar-refractivity contribution in [2.75, 3.05) is 6.54 Å². The Labute approximate surface area is 115 Å². The van der Waals surface area contributed by atoms with Crippen LogP contribution in [0.2, 0.25) is 0 Å². The molecule has 110 valence electrons. The molecule has 0 heterocycles. The van der Waals surface area contributed by atoms with Crippen molar-refractivity contribution < 1.29 is 14.7 Å². The third kappa shape index (κ3) is 5.09. The quantitative estimate of drug-likeness (QED) is 0.622. The number of hydrogen-bond acceptors (Lipinski definition) is 2. The summed E-state index contributed by atoms with van der Waals surface area (Å²) in [6, 6.07) is -0.353. The minimum Gasteiger partial charge on any atom is -0.480 e. The highest BCUT2D eigenvalue weighted by molar-refractivity contribution is 5.86. The van der Waals surface area contributed by atoms with Crippen LogP contribution in [0.15, 0.2) is 0 Å². The predicted octanol–water partition coefficient (Wildman–Crippen LogP) is 2.51. The molecule has 0 aromatic heterocycles. The van der Waals surface area contributed by atoms with Crippen molar-refractivity contribution in [3.8, 4) is 0 Å². The first-order valence-corrected chi connectivity index (χ1v) is 7.26. The van der Waals surface area contributed by atoms with Crippen LogP contribution in [-0.2, 0) is 4.79 Å². The van der Waals surface area contributed by atoms with Gasteiger partial charge in [-0.05, 0) is 25.2 Å². The number of amides is 2. The Balaban J connectivity index is 2.24. The van der Waals surface area contributed by atoms with E-state index in [1.807, 2.05) is 0 Å². The third-order valence-electron chi connectivity index (χ3n) is 3.71. The number of nitrogens with one attached hydrogen (secondary N) is 2. The molecule has 1 aliphatic carbocycles. The lowest BCUT2D eigenvalue weighted by molar-refractivity contribution is -0.144. The smallest absolute Gasteiger partial charge is 0.329 e. The van der Waals surface area contributed by atoms with E-state index in [1.54, 1.807) is 0 Å². The Morgan fingerprint density at radius 3 is 2.37 bits per heavy atom. The predicted molar refractivity (Wildman–Crippen MR) is 74.1 cm³/mol. The first-order chi connectivity index (χ1) is 8.96. The fourth-order valence-electron chi connectivity index (χ4n) is 2.51. The van der Waals surface area contributed by atoms with Gasteiger partial charge in [-0.3, -0.25) is 0 Å². The molecule has 0 atom stereocenters. The zero-order chi connectivity index (χ0) is 14.3. The second-order valence-corrected chi connectivity index (χ2v) is 5.86. The van der Waals surface area contributed by atoms with Gasteiger partial charge < -0.3 is 15.7 Å². The SMILES string of the molecule is CC(C)CCCCNC(=O)NC1(C(=O)O)CCCC1. The fourth-order valence-corrected chi connectivity index (χ4v) is 2.51. The van der Waals surface area contributed by atoms with Crippen LogP contribution in [0, 0.1) is 5.92 Å². The van der Waals surface area contributed by atoms with E-state index in [9.17, 15) is 14.7 Å². The number of carboxylic acid groups (broad SMARTS) is 1. The fraction of sp³-hybridized carbons (Fsp3) is 0.857. The van der Waals surface area contributed by atoms with E-state index >= 15 is 0 Å². The number of urea groups is 1. The Morgan fingerprint density at radius 1 is 1.21 bits per heavy atom. The van der Waals surface area contributed by atoms with Crippen LogP contribution in [0.25, 0.3) is 0 Å². The molecule has 1 rings (SSSR count). The normalized spacial score (nSPS) is 17.4. The number of unbranched alkanes of at least 4 members (excludes halogenated alkanes) is 1. The van der Waals surface area contributed by atoms with Crippen molar-refractivity contribution >= 4 is 12.0 Å². The summed E-state index contributed by atoms with van der Waals surface area (Å²) in [5.74, 6) is -0.234. The first-order valence-electron chi connectivity index (χ1n) is 7.26. The largest absolute Gasteiger partial charge is 0.480 e. The van der Waals surface area contributed by atoms with E-state index in [-0.39, 0.29) is 6.03 Å². The number of aliphatic carboxylic acids is 1. The molecule has 5 heteroatoms. The summed E-state index contributed by atoms with van der Waals surface area (Å²) in [6.45, 7) is 4.96. The molecule has 0 radical (unpaired) electrons. The van der Waals surface area contributed by atoms with Crippen LogP contribution in [0.1, 0.15) is 58.8 Å². The van der Waals surface area contributed by atoms with Gasteiger partial charge in [-0.15, -0.1) is 0 Å². The standard InChI is InChI=1S/C14H26N2O3/c1-11(2)7-3-6-10-15-13(19)16-14(12(17)18)8-4-5-9-14/h11H,3-10H2,1-2H3,(H,17,18)(H2,15,16,19). The average Bonchev–Trinajstić information content (AvgIpc) is 2.78. The van der Waals surface area contributed by atoms with E-state index < -0.39 is 11.5 Å². The zero-order valence-corrected chi connectivity index (χ0v) is 12.0. The highest BCUT2D eigenvalue weighted by Crippen LogP contribution is 2.29. The molecule has 0 bridgehead atoms. The van der Waals surface area contributed by atoms with E-state index in [0.717, 1.165) is 32.1 Å². The summed E-state index contributed by atoms with van der Waals surface area (Å²) in [5, 5.41) is 14.6. The lowest BCUT2D eigenvalue weighted by Gasteiger charge is -2.25. The van der Waals surface area contributed by atoms with Gasteiger partial charge in [0, 0.05) is 6.54 Å². The second-order valence-electron chi connectivity index (χ2n) is 5.86. The Bertz CT molecular complexity index is 310. The van der Waals surface area contributed by atoms with Gasteiger partial charge in [0.1, 0.15) is 5.54 Å². The van der Waals surface area contributed by atoms with Crippen molar-refractivity contribution in [2.24, 2.45) is 5.92 Å². The molecule has 0 aliphatic heterocycles. The number of carbonyl (C=O) groups excluding carboxylic acids is 1. The average molecular weight is 270 g/mol. The summed E-state index contributed by atoms with van der Waals surface area (Å²) in [4.78, 5) is 23.0. The third-order valence-corrected chi connectivity index (χ3v) is 3.71.